The van der Waals surface area contributed by atoms with Gasteiger partial charge in [-0.05, 0) is 46.1 Å². The molecule has 1 amide bonds. The average molecular weight is 416 g/mol. The topological polar surface area (TPSA) is 108 Å². The van der Waals surface area contributed by atoms with E-state index in [9.17, 15) is 4.79 Å². The van der Waals surface area contributed by atoms with Gasteiger partial charge in [0.1, 0.15) is 11.4 Å². The second kappa shape index (κ2) is 10.6. The average Bonchev–Trinajstić information content (AvgIpc) is 3.45. The molecule has 0 bridgehead atoms. The number of hydrogen-bond acceptors (Lipinski definition) is 7. The van der Waals surface area contributed by atoms with Crippen LogP contribution >= 0.6 is 0 Å². The molecule has 0 unspecified atom stereocenters. The summed E-state index contributed by atoms with van der Waals surface area (Å²) in [5.41, 5.74) is 0.682. The summed E-state index contributed by atoms with van der Waals surface area (Å²) in [7, 11) is 1.92. The number of hydrogen-bond donors (Lipinski definition) is 3. The number of carbonyl (C=O) groups excluding carboxylic acids is 1. The van der Waals surface area contributed by atoms with E-state index in [1.807, 2.05) is 44.9 Å². The van der Waals surface area contributed by atoms with Crippen LogP contribution in [0.15, 0.2) is 31.5 Å². The molecule has 2 heterocycles. The molecule has 30 heavy (non-hydrogen) atoms. The van der Waals surface area contributed by atoms with Crippen molar-refractivity contribution in [3.63, 3.8) is 0 Å². The van der Waals surface area contributed by atoms with Crippen molar-refractivity contribution in [1.82, 2.24) is 25.5 Å². The van der Waals surface area contributed by atoms with Crippen molar-refractivity contribution >= 4 is 23.7 Å². The van der Waals surface area contributed by atoms with E-state index in [2.05, 4.69) is 44.0 Å². The Balaban J connectivity index is 0.00000155. The van der Waals surface area contributed by atoms with Crippen LogP contribution in [-0.2, 0) is 4.74 Å². The molecule has 1 fully saturated rings. The summed E-state index contributed by atoms with van der Waals surface area (Å²) in [5.74, 6) is 2.69. The number of anilines is 3. The molecule has 3 N–H and O–H groups in total. The van der Waals surface area contributed by atoms with Gasteiger partial charge < -0.3 is 20.3 Å². The standard InChI is InChI=1S/C19H29N7O2.C2H4/c1-19(2,3)28-18(27)21-9-5-11-26(4)17-20-10-8-15(23-17)22-16-12-14(24-25-16)13-6-7-13;1-2/h8,10,12-13H,5-7,9,11H2,1-4H3,(H,21,27)(H2,20,22,23,24,25);1-2H2. The molecule has 0 saturated heterocycles. The zero-order valence-corrected chi connectivity index (χ0v) is 18.4. The lowest BCUT2D eigenvalue weighted by molar-refractivity contribution is 0.0527. The predicted molar refractivity (Wildman–Crippen MR) is 119 cm³/mol. The second-order valence-electron chi connectivity index (χ2n) is 8.05. The van der Waals surface area contributed by atoms with Gasteiger partial charge in [0.05, 0.1) is 0 Å². The monoisotopic (exact) mass is 415 g/mol. The zero-order chi connectivity index (χ0) is 22.1. The number of ether oxygens (including phenoxy) is 1. The normalized spacial score (nSPS) is 13.1. The molecule has 0 aromatic carbocycles. The molecule has 164 valence electrons. The Morgan fingerprint density at radius 3 is 2.73 bits per heavy atom. The van der Waals surface area contributed by atoms with E-state index in [1.54, 1.807) is 6.20 Å². The number of aromatic amines is 1. The Bertz CT molecular complexity index is 812. The maximum absolute atomic E-state index is 11.7. The van der Waals surface area contributed by atoms with Gasteiger partial charge in [-0.15, -0.1) is 13.2 Å². The summed E-state index contributed by atoms with van der Waals surface area (Å²) in [5, 5.41) is 13.3. The summed E-state index contributed by atoms with van der Waals surface area (Å²) in [6.07, 6.45) is 4.53. The van der Waals surface area contributed by atoms with Gasteiger partial charge in [-0.25, -0.2) is 9.78 Å². The predicted octanol–water partition coefficient (Wildman–Crippen LogP) is 3.97. The fourth-order valence-corrected chi connectivity index (χ4v) is 2.66. The van der Waals surface area contributed by atoms with Crippen LogP contribution in [0.4, 0.5) is 22.4 Å². The molecule has 9 heteroatoms. The molecule has 0 radical (unpaired) electrons. The lowest BCUT2D eigenvalue weighted by Crippen LogP contribution is -2.34. The Labute approximate surface area is 178 Å². The summed E-state index contributed by atoms with van der Waals surface area (Å²) in [4.78, 5) is 22.5. The molecular weight excluding hydrogens is 382 g/mol. The summed E-state index contributed by atoms with van der Waals surface area (Å²) in [6.45, 7) is 12.7. The van der Waals surface area contributed by atoms with E-state index >= 15 is 0 Å². The molecule has 0 spiro atoms. The first kappa shape index (κ1) is 23.2. The Kier molecular flexibility index (Phi) is 8.20. The van der Waals surface area contributed by atoms with E-state index in [-0.39, 0.29) is 0 Å². The Morgan fingerprint density at radius 2 is 2.07 bits per heavy atom. The summed E-state index contributed by atoms with van der Waals surface area (Å²) >= 11 is 0. The molecule has 0 aliphatic heterocycles. The number of amides is 1. The highest BCUT2D eigenvalue weighted by Gasteiger charge is 2.25. The molecule has 1 saturated carbocycles. The molecule has 9 nitrogen and oxygen atoms in total. The van der Waals surface area contributed by atoms with E-state index in [4.69, 9.17) is 4.74 Å². The highest BCUT2D eigenvalue weighted by Crippen LogP contribution is 2.39. The van der Waals surface area contributed by atoms with Gasteiger partial charge in [0, 0.05) is 44.0 Å². The lowest BCUT2D eigenvalue weighted by atomic mass is 10.2. The first-order chi connectivity index (χ1) is 14.3. The van der Waals surface area contributed by atoms with Gasteiger partial charge in [0.15, 0.2) is 5.82 Å². The van der Waals surface area contributed by atoms with Gasteiger partial charge in [-0.3, -0.25) is 5.10 Å². The van der Waals surface area contributed by atoms with E-state index in [0.717, 1.165) is 12.2 Å². The summed E-state index contributed by atoms with van der Waals surface area (Å²) in [6, 6.07) is 3.85. The number of nitrogens with one attached hydrogen (secondary N) is 3. The van der Waals surface area contributed by atoms with Gasteiger partial charge in [-0.1, -0.05) is 0 Å². The number of alkyl carbamates (subject to hydrolysis) is 1. The summed E-state index contributed by atoms with van der Waals surface area (Å²) < 4.78 is 5.22. The smallest absolute Gasteiger partial charge is 0.407 e. The van der Waals surface area contributed by atoms with Crippen LogP contribution in [-0.4, -0.2) is 52.0 Å². The zero-order valence-electron chi connectivity index (χ0n) is 18.4. The minimum Gasteiger partial charge on any atom is -0.444 e. The fourth-order valence-electron chi connectivity index (χ4n) is 2.66. The Hall–Kier alpha value is -3.10. The lowest BCUT2D eigenvalue weighted by Gasteiger charge is -2.20. The number of aromatic nitrogens is 4. The number of H-pyrrole nitrogens is 1. The van der Waals surface area contributed by atoms with E-state index in [1.165, 1.54) is 18.5 Å². The van der Waals surface area contributed by atoms with Crippen molar-refractivity contribution in [3.05, 3.63) is 37.2 Å². The van der Waals surface area contributed by atoms with Crippen molar-refractivity contribution in [3.8, 4) is 0 Å². The molecular formula is C21H33N7O2. The van der Waals surface area contributed by atoms with Crippen LogP contribution in [0.1, 0.15) is 51.6 Å². The quantitative estimate of drug-likeness (QED) is 0.442. The minimum atomic E-state index is -0.490. The highest BCUT2D eigenvalue weighted by molar-refractivity contribution is 5.67. The van der Waals surface area contributed by atoms with Crippen LogP contribution in [0.2, 0.25) is 0 Å². The third kappa shape index (κ3) is 7.73. The van der Waals surface area contributed by atoms with Crippen molar-refractivity contribution in [2.24, 2.45) is 0 Å². The Morgan fingerprint density at radius 1 is 1.33 bits per heavy atom. The van der Waals surface area contributed by atoms with E-state index < -0.39 is 11.7 Å². The van der Waals surface area contributed by atoms with Gasteiger partial charge >= 0.3 is 6.09 Å². The van der Waals surface area contributed by atoms with Gasteiger partial charge in [0.25, 0.3) is 0 Å². The van der Waals surface area contributed by atoms with Crippen molar-refractivity contribution in [2.45, 2.75) is 51.6 Å². The number of rotatable bonds is 8. The van der Waals surface area contributed by atoms with Crippen molar-refractivity contribution in [1.29, 1.82) is 0 Å². The van der Waals surface area contributed by atoms with E-state index in [0.29, 0.717) is 30.8 Å². The first-order valence-corrected chi connectivity index (χ1v) is 10.1. The molecule has 1 aliphatic rings. The number of nitrogens with zero attached hydrogens (tertiary/aromatic N) is 4. The SMILES string of the molecule is C=C.CN(CCCNC(=O)OC(C)(C)C)c1nccc(Nc2cc(C3CC3)[nH]n2)n1. The van der Waals surface area contributed by atoms with Crippen LogP contribution < -0.4 is 15.5 Å². The largest absolute Gasteiger partial charge is 0.444 e. The molecule has 2 aromatic rings. The molecule has 3 rings (SSSR count). The van der Waals surface area contributed by atoms with Crippen LogP contribution in [0.25, 0.3) is 0 Å². The van der Waals surface area contributed by atoms with Crippen LogP contribution in [0.5, 0.6) is 0 Å². The second-order valence-corrected chi connectivity index (χ2v) is 8.05. The maximum atomic E-state index is 11.7. The molecule has 0 atom stereocenters. The minimum absolute atomic E-state index is 0.401. The maximum Gasteiger partial charge on any atom is 0.407 e. The third-order valence-electron chi connectivity index (χ3n) is 4.19. The first-order valence-electron chi connectivity index (χ1n) is 10.1. The van der Waals surface area contributed by atoms with Gasteiger partial charge in [0.2, 0.25) is 5.95 Å². The highest BCUT2D eigenvalue weighted by atomic mass is 16.6. The molecule has 2 aromatic heterocycles. The molecule has 1 aliphatic carbocycles. The number of carbonyl (C=O) groups is 1. The van der Waals surface area contributed by atoms with Crippen molar-refractivity contribution in [2.75, 3.05) is 30.4 Å². The van der Waals surface area contributed by atoms with Gasteiger partial charge in [-0.2, -0.15) is 10.1 Å². The van der Waals surface area contributed by atoms with Crippen LogP contribution in [0.3, 0.4) is 0 Å². The van der Waals surface area contributed by atoms with Crippen LogP contribution in [0, 0.1) is 0 Å². The van der Waals surface area contributed by atoms with Crippen molar-refractivity contribution < 1.29 is 9.53 Å². The fraction of sp³-hybridized carbons (Fsp3) is 0.524. The third-order valence-corrected chi connectivity index (χ3v) is 4.19.